The maximum Gasteiger partial charge on any atom is 0.356 e. The number of esters is 1. The van der Waals surface area contributed by atoms with Gasteiger partial charge in [-0.1, -0.05) is 19.4 Å². The van der Waals surface area contributed by atoms with E-state index in [-0.39, 0.29) is 77.1 Å². The molecule has 9 heteroatoms. The Morgan fingerprint density at radius 2 is 1.79 bits per heavy atom. The summed E-state index contributed by atoms with van der Waals surface area (Å²) in [5, 5.41) is 22.0. The second kappa shape index (κ2) is 9.60. The van der Waals surface area contributed by atoms with Crippen molar-refractivity contribution in [2.24, 2.45) is 28.6 Å². The number of carbonyl (C=O) groups is 5. The van der Waals surface area contributed by atoms with E-state index >= 15 is 0 Å². The van der Waals surface area contributed by atoms with Gasteiger partial charge < -0.3 is 9.84 Å². The van der Waals surface area contributed by atoms with Crippen LogP contribution >= 0.6 is 0 Å². The van der Waals surface area contributed by atoms with Crippen LogP contribution in [0.15, 0.2) is 11.6 Å². The van der Waals surface area contributed by atoms with Crippen molar-refractivity contribution in [2.75, 3.05) is 6.61 Å². The molecule has 0 heterocycles. The molecule has 4 aliphatic rings. The first kappa shape index (κ1) is 27.2. The molecule has 3 fully saturated rings. The first-order valence-corrected chi connectivity index (χ1v) is 11.8. The molecule has 4 aliphatic carbocycles. The smallest absolute Gasteiger partial charge is 0.356 e. The van der Waals surface area contributed by atoms with Crippen LogP contribution in [-0.4, -0.2) is 76.2 Å². The molecule has 6 atom stereocenters. The van der Waals surface area contributed by atoms with Gasteiger partial charge in [-0.05, 0) is 55.4 Å². The van der Waals surface area contributed by atoms with Crippen LogP contribution in [0.2, 0.25) is 0 Å². The van der Waals surface area contributed by atoms with E-state index in [1.807, 2.05) is 0 Å². The van der Waals surface area contributed by atoms with Crippen molar-refractivity contribution in [3.63, 3.8) is 0 Å². The van der Waals surface area contributed by atoms with Crippen molar-refractivity contribution in [1.29, 1.82) is 0 Å². The van der Waals surface area contributed by atoms with Crippen LogP contribution in [0.25, 0.3) is 0 Å². The molecule has 0 bridgehead atoms. The minimum absolute atomic E-state index is 0. The van der Waals surface area contributed by atoms with Gasteiger partial charge in [0.25, 0.3) is 0 Å². The first-order chi connectivity index (χ1) is 15.4. The van der Waals surface area contributed by atoms with E-state index in [0.717, 1.165) is 18.4 Å². The minimum atomic E-state index is -1.79. The van der Waals surface area contributed by atoms with Gasteiger partial charge in [-0.2, -0.15) is 0 Å². The monoisotopic (exact) mass is 482 g/mol. The number of carbonyl (C=O) groups excluding carboxylic acids is 5. The second-order valence-electron chi connectivity index (χ2n) is 10.8. The molecule has 3 saturated carbocycles. The maximum atomic E-state index is 13.6. The van der Waals surface area contributed by atoms with Crippen LogP contribution in [0.3, 0.4) is 0 Å². The average molecular weight is 483 g/mol. The van der Waals surface area contributed by atoms with Gasteiger partial charge in [0.2, 0.25) is 5.78 Å². The van der Waals surface area contributed by atoms with E-state index in [1.165, 1.54) is 0 Å². The van der Waals surface area contributed by atoms with E-state index in [0.29, 0.717) is 19.3 Å². The Morgan fingerprint density at radius 1 is 1.09 bits per heavy atom. The van der Waals surface area contributed by atoms with E-state index in [9.17, 15) is 34.2 Å². The molecule has 8 nitrogen and oxygen atoms in total. The molecule has 0 aliphatic heterocycles. The van der Waals surface area contributed by atoms with Gasteiger partial charge in [0, 0.05) is 53.7 Å². The number of Topliss-reactive ketones (excluding diaryl/α,β-unsaturated/α-hetero) is 2. The zero-order valence-electron chi connectivity index (χ0n) is 20.2. The van der Waals surface area contributed by atoms with Crippen molar-refractivity contribution in [3.8, 4) is 0 Å². The molecule has 0 spiro atoms. The van der Waals surface area contributed by atoms with E-state index < -0.39 is 48.2 Å². The zero-order chi connectivity index (χ0) is 24.2. The number of allylic oxidation sites excluding steroid dienone is 1. The third-order valence-electron chi connectivity index (χ3n) is 9.17. The molecule has 34 heavy (non-hydrogen) atoms. The average Bonchev–Trinajstić information content (AvgIpc) is 3.02. The van der Waals surface area contributed by atoms with Gasteiger partial charge in [-0.3, -0.25) is 19.2 Å². The topological polar surface area (TPSA) is 135 Å². The number of ketones is 3. The summed E-state index contributed by atoms with van der Waals surface area (Å²) < 4.78 is 4.92. The Labute approximate surface area is 221 Å². The molecule has 0 unspecified atom stereocenters. The van der Waals surface area contributed by atoms with Gasteiger partial charge in [0.05, 0.1) is 12.8 Å². The summed E-state index contributed by atoms with van der Waals surface area (Å²) in [7, 11) is 0. The van der Waals surface area contributed by atoms with Crippen molar-refractivity contribution >= 4 is 58.8 Å². The zero-order valence-corrected chi connectivity index (χ0v) is 22.2. The normalized spacial score (nSPS) is 38.6. The quantitative estimate of drug-likeness (QED) is 0.451. The van der Waals surface area contributed by atoms with E-state index in [1.54, 1.807) is 13.0 Å². The first-order valence-electron chi connectivity index (χ1n) is 11.8. The van der Waals surface area contributed by atoms with Crippen LogP contribution in [-0.2, 0) is 33.8 Å². The number of ether oxygens (including phenoxy) is 1. The van der Waals surface area contributed by atoms with Crippen molar-refractivity contribution in [1.82, 2.24) is 0 Å². The summed E-state index contributed by atoms with van der Waals surface area (Å²) in [6.45, 7) is 3.23. The molecular weight excluding hydrogens is 451 g/mol. The molecule has 0 aromatic carbocycles. The largest absolute Gasteiger partial charge is 0.458 e. The molecule has 2 radical (unpaired) electrons. The van der Waals surface area contributed by atoms with Gasteiger partial charge in [0.15, 0.2) is 12.4 Å². The molecular formula is C25H31NaO8. The predicted octanol–water partition coefficient (Wildman–Crippen LogP) is 1.90. The summed E-state index contributed by atoms with van der Waals surface area (Å²) in [5.41, 5.74) is -2.03. The second-order valence-corrected chi connectivity index (χ2v) is 10.8. The predicted molar refractivity (Wildman–Crippen MR) is 119 cm³/mol. The molecule has 4 rings (SSSR count). The Morgan fingerprint density at radius 3 is 2.47 bits per heavy atom. The fraction of sp³-hybridized carbons (Fsp3) is 0.720. The van der Waals surface area contributed by atoms with Crippen LogP contribution in [0.1, 0.15) is 71.6 Å². The summed E-state index contributed by atoms with van der Waals surface area (Å²) in [5.74, 6) is -2.96. The molecule has 0 aromatic heterocycles. The summed E-state index contributed by atoms with van der Waals surface area (Å²) in [4.78, 5) is 60.8. The number of fused-ring (bicyclic) bond motifs is 5. The molecule has 0 saturated heterocycles. The van der Waals surface area contributed by atoms with Gasteiger partial charge in [-0.25, -0.2) is 9.90 Å². The van der Waals surface area contributed by atoms with E-state index in [4.69, 9.17) is 4.74 Å². The molecule has 0 amide bonds. The summed E-state index contributed by atoms with van der Waals surface area (Å²) in [6.07, 6.45) is 4.24. The SMILES string of the molecule is C[C@]12CCC(=O)C=C1CC[C@@H]1[C@@H]2C(=O)C[C@@]2(C)[C@H]1CC[C@]2(O)C(=O)COC(=O)CCC([O])=O.[Na]. The van der Waals surface area contributed by atoms with Crippen molar-refractivity contribution in [3.05, 3.63) is 11.6 Å². The summed E-state index contributed by atoms with van der Waals surface area (Å²) in [6, 6.07) is 0. The van der Waals surface area contributed by atoms with E-state index in [2.05, 4.69) is 6.92 Å². The number of aliphatic hydroxyl groups is 1. The van der Waals surface area contributed by atoms with Crippen LogP contribution in [0.4, 0.5) is 0 Å². The van der Waals surface area contributed by atoms with Gasteiger partial charge in [0.1, 0.15) is 11.4 Å². The maximum absolute atomic E-state index is 13.6. The third kappa shape index (κ3) is 4.25. The standard InChI is InChI=1S/C25H31O8.Na/c1-23-9-7-15(26)11-14(23)3-4-16-17-8-10-25(32,24(17,2)12-18(27)22(16)23)19(28)13-33-21(31)6-5-20(29)30;/h11,16-17,22,32H,3-10,12-13H2,1-2H3;/t16-,17-,22+,23-,24-,25-;/m0./s1. The Bertz CT molecular complexity index is 957. The van der Waals surface area contributed by atoms with Crippen LogP contribution in [0.5, 0.6) is 0 Å². The number of hydrogen-bond donors (Lipinski definition) is 1. The Balaban J connectivity index is 0.00000324. The third-order valence-corrected chi connectivity index (χ3v) is 9.17. The van der Waals surface area contributed by atoms with Gasteiger partial charge >= 0.3 is 11.9 Å². The molecule has 180 valence electrons. The van der Waals surface area contributed by atoms with Gasteiger partial charge in [-0.15, -0.1) is 0 Å². The fourth-order valence-corrected chi connectivity index (χ4v) is 7.39. The fourth-order valence-electron chi connectivity index (χ4n) is 7.39. The molecule has 0 aromatic rings. The summed E-state index contributed by atoms with van der Waals surface area (Å²) >= 11 is 0. The molecule has 1 N–H and O–H groups in total. The van der Waals surface area contributed by atoms with Crippen LogP contribution < -0.4 is 0 Å². The van der Waals surface area contributed by atoms with Crippen molar-refractivity contribution in [2.45, 2.75) is 77.2 Å². The minimum Gasteiger partial charge on any atom is -0.458 e. The Kier molecular flexibility index (Phi) is 7.69. The Hall–Kier alpha value is -1.35. The van der Waals surface area contributed by atoms with Crippen molar-refractivity contribution < 1.29 is 38.9 Å². The number of hydrogen-bond acceptors (Lipinski definition) is 7. The number of rotatable bonds is 6. The van der Waals surface area contributed by atoms with Crippen LogP contribution in [0, 0.1) is 28.6 Å².